The molecule has 1 amide bonds. The van der Waals surface area contributed by atoms with Crippen LogP contribution in [0, 0.1) is 0 Å². The van der Waals surface area contributed by atoms with E-state index in [4.69, 9.17) is 5.10 Å². The number of fused-ring (bicyclic) bond motifs is 1. The van der Waals surface area contributed by atoms with Gasteiger partial charge >= 0.3 is 0 Å². The second kappa shape index (κ2) is 7.39. The van der Waals surface area contributed by atoms with E-state index < -0.39 is 0 Å². The Balaban J connectivity index is 1.45. The van der Waals surface area contributed by atoms with Crippen LogP contribution in [0.15, 0.2) is 78.3 Å². The molecule has 1 atom stereocenters. The average Bonchev–Trinajstić information content (AvgIpc) is 3.31. The Labute approximate surface area is 184 Å². The highest BCUT2D eigenvalue weighted by Crippen LogP contribution is 2.43. The van der Waals surface area contributed by atoms with Gasteiger partial charge in [-0.3, -0.25) is 9.48 Å². The Morgan fingerprint density at radius 1 is 1.00 bits per heavy atom. The molecule has 1 fully saturated rings. The van der Waals surface area contributed by atoms with Crippen molar-refractivity contribution in [1.29, 1.82) is 0 Å². The maximum absolute atomic E-state index is 13.4. The Morgan fingerprint density at radius 2 is 1.81 bits per heavy atom. The van der Waals surface area contributed by atoms with E-state index in [2.05, 4.69) is 35.1 Å². The third-order valence-electron chi connectivity index (χ3n) is 5.93. The van der Waals surface area contributed by atoms with Gasteiger partial charge in [0.15, 0.2) is 0 Å². The van der Waals surface area contributed by atoms with Crippen LogP contribution in [0.1, 0.15) is 40.5 Å². The van der Waals surface area contributed by atoms with Gasteiger partial charge < -0.3 is 10.2 Å². The first kappa shape index (κ1) is 18.4. The molecule has 1 N–H and O–H groups in total. The smallest absolute Gasteiger partial charge is 0.258 e. The summed E-state index contributed by atoms with van der Waals surface area (Å²) in [6.45, 7) is 0.694. The quantitative estimate of drug-likeness (QED) is 0.466. The molecule has 6 heteroatoms. The van der Waals surface area contributed by atoms with Crippen LogP contribution < -0.4 is 5.32 Å². The Kier molecular flexibility index (Phi) is 4.39. The lowest BCUT2D eigenvalue weighted by Crippen LogP contribution is -2.44. The molecule has 0 bridgehead atoms. The van der Waals surface area contributed by atoms with Gasteiger partial charge in [-0.2, -0.15) is 5.10 Å². The van der Waals surface area contributed by atoms with Crippen molar-refractivity contribution in [1.82, 2.24) is 14.7 Å². The number of aromatic nitrogens is 2. The molecule has 6 rings (SSSR count). The van der Waals surface area contributed by atoms with Crippen LogP contribution in [-0.4, -0.2) is 26.6 Å². The molecule has 0 unspecified atom stereocenters. The van der Waals surface area contributed by atoms with Gasteiger partial charge in [-0.15, -0.1) is 11.3 Å². The number of hydrogen-bond donors (Lipinski definition) is 1. The number of nitrogens with one attached hydrogen (secondary N) is 1. The zero-order valence-electron chi connectivity index (χ0n) is 16.9. The van der Waals surface area contributed by atoms with Gasteiger partial charge in [0.1, 0.15) is 11.9 Å². The fourth-order valence-electron chi connectivity index (χ4n) is 4.32. The predicted octanol–water partition coefficient (Wildman–Crippen LogP) is 5.39. The van der Waals surface area contributed by atoms with Gasteiger partial charge in [-0.1, -0.05) is 48.5 Å². The van der Waals surface area contributed by atoms with Crippen molar-refractivity contribution in [3.05, 3.63) is 95.0 Å². The van der Waals surface area contributed by atoms with Crippen LogP contribution in [0.3, 0.4) is 0 Å². The van der Waals surface area contributed by atoms with Crippen LogP contribution in [0.4, 0.5) is 5.69 Å². The number of anilines is 1. The van der Waals surface area contributed by atoms with Crippen LogP contribution in [-0.2, 0) is 6.54 Å². The molecule has 1 aliphatic heterocycles. The normalized spacial score (nSPS) is 18.0. The highest BCUT2D eigenvalue weighted by Gasteiger charge is 2.43. The van der Waals surface area contributed by atoms with Gasteiger partial charge in [0.2, 0.25) is 0 Å². The van der Waals surface area contributed by atoms with E-state index in [1.54, 1.807) is 11.3 Å². The zero-order chi connectivity index (χ0) is 20.8. The summed E-state index contributed by atoms with van der Waals surface area (Å²) < 4.78 is 2.00. The van der Waals surface area contributed by atoms with E-state index in [1.165, 1.54) is 5.56 Å². The number of para-hydroxylation sites is 1. The van der Waals surface area contributed by atoms with Crippen molar-refractivity contribution in [2.24, 2.45) is 0 Å². The second-order valence-electron chi connectivity index (χ2n) is 8.13. The third kappa shape index (κ3) is 3.33. The van der Waals surface area contributed by atoms with Crippen molar-refractivity contribution in [2.45, 2.75) is 31.6 Å². The number of thiophene rings is 1. The molecule has 0 spiro atoms. The molecule has 5 nitrogen and oxygen atoms in total. The Hall–Kier alpha value is -3.38. The van der Waals surface area contributed by atoms with E-state index in [1.807, 2.05) is 58.1 Å². The first-order valence-corrected chi connectivity index (χ1v) is 11.5. The third-order valence-corrected chi connectivity index (χ3v) is 6.81. The second-order valence-corrected chi connectivity index (χ2v) is 9.08. The minimum atomic E-state index is -0.225. The molecule has 2 aliphatic rings. The first-order chi connectivity index (χ1) is 15.3. The highest BCUT2D eigenvalue weighted by molar-refractivity contribution is 7.13. The lowest BCUT2D eigenvalue weighted by molar-refractivity contribution is 0.0667. The summed E-state index contributed by atoms with van der Waals surface area (Å²) in [4.78, 5) is 16.6. The first-order valence-electron chi connectivity index (χ1n) is 10.6. The largest absolute Gasteiger partial charge is 0.361 e. The standard InChI is InChI=1S/C25H22N4OS/c30-25-19-9-4-5-10-21(19)26-24(29(25)18-12-13-18)20-16-28(15-17-7-2-1-3-8-17)27-23(20)22-11-6-14-31-22/h1-11,14,16,18,24,26H,12-13,15H2/t24-/m0/s1. The molecular formula is C25H22N4OS. The summed E-state index contributed by atoms with van der Waals surface area (Å²) in [5.74, 6) is 0.106. The number of carbonyl (C=O) groups excluding carboxylic acids is 1. The summed E-state index contributed by atoms with van der Waals surface area (Å²) in [5, 5.41) is 10.7. The zero-order valence-corrected chi connectivity index (χ0v) is 17.8. The van der Waals surface area contributed by atoms with E-state index in [-0.39, 0.29) is 18.1 Å². The van der Waals surface area contributed by atoms with Gasteiger partial charge in [0, 0.05) is 23.5 Å². The summed E-state index contributed by atoms with van der Waals surface area (Å²) in [6, 6.07) is 22.6. The number of nitrogens with zero attached hydrogens (tertiary/aromatic N) is 3. The highest BCUT2D eigenvalue weighted by atomic mass is 32.1. The van der Waals surface area contributed by atoms with Crippen molar-refractivity contribution in [3.63, 3.8) is 0 Å². The molecule has 1 aliphatic carbocycles. The minimum Gasteiger partial charge on any atom is -0.361 e. The fourth-order valence-corrected chi connectivity index (χ4v) is 5.05. The van der Waals surface area contributed by atoms with Crippen molar-refractivity contribution in [2.75, 3.05) is 5.32 Å². The minimum absolute atomic E-state index is 0.106. The van der Waals surface area contributed by atoms with Crippen LogP contribution >= 0.6 is 11.3 Å². The SMILES string of the molecule is O=C1c2ccccc2N[C@H](c2cn(Cc3ccccc3)nc2-c2cccs2)N1C1CC1. The molecule has 4 aromatic rings. The van der Waals surface area contributed by atoms with Crippen molar-refractivity contribution >= 4 is 22.9 Å². The molecule has 31 heavy (non-hydrogen) atoms. The topological polar surface area (TPSA) is 50.2 Å². The fraction of sp³-hybridized carbons (Fsp3) is 0.200. The molecule has 3 heterocycles. The molecule has 2 aromatic carbocycles. The Morgan fingerprint density at radius 3 is 2.58 bits per heavy atom. The summed E-state index contributed by atoms with van der Waals surface area (Å²) in [5.41, 5.74) is 4.84. The van der Waals surface area contributed by atoms with Crippen molar-refractivity contribution < 1.29 is 4.79 Å². The summed E-state index contributed by atoms with van der Waals surface area (Å²) >= 11 is 1.68. The number of amides is 1. The van der Waals surface area contributed by atoms with Gasteiger partial charge in [0.25, 0.3) is 5.91 Å². The maximum atomic E-state index is 13.4. The molecule has 2 aromatic heterocycles. The Bertz CT molecular complexity index is 1230. The molecule has 0 radical (unpaired) electrons. The van der Waals surface area contributed by atoms with Crippen LogP contribution in [0.2, 0.25) is 0 Å². The number of rotatable bonds is 5. The molecular weight excluding hydrogens is 404 g/mol. The van der Waals surface area contributed by atoms with Gasteiger partial charge in [-0.25, -0.2) is 0 Å². The van der Waals surface area contributed by atoms with Crippen LogP contribution in [0.25, 0.3) is 10.6 Å². The lowest BCUT2D eigenvalue weighted by atomic mass is 10.0. The molecule has 1 saturated carbocycles. The van der Waals surface area contributed by atoms with E-state index >= 15 is 0 Å². The van der Waals surface area contributed by atoms with Crippen molar-refractivity contribution in [3.8, 4) is 10.6 Å². The molecule has 154 valence electrons. The predicted molar refractivity (Wildman–Crippen MR) is 123 cm³/mol. The lowest BCUT2D eigenvalue weighted by Gasteiger charge is -2.38. The summed E-state index contributed by atoms with van der Waals surface area (Å²) in [6.07, 6.45) is 3.99. The van der Waals surface area contributed by atoms with E-state index in [0.29, 0.717) is 6.54 Å². The summed E-state index contributed by atoms with van der Waals surface area (Å²) in [7, 11) is 0. The van der Waals surface area contributed by atoms with Crippen LogP contribution in [0.5, 0.6) is 0 Å². The number of benzene rings is 2. The number of carbonyl (C=O) groups is 1. The monoisotopic (exact) mass is 426 g/mol. The average molecular weight is 427 g/mol. The van der Waals surface area contributed by atoms with E-state index in [9.17, 15) is 4.79 Å². The maximum Gasteiger partial charge on any atom is 0.258 e. The molecule has 0 saturated heterocycles. The van der Waals surface area contributed by atoms with Gasteiger partial charge in [0.05, 0.1) is 17.0 Å². The van der Waals surface area contributed by atoms with E-state index in [0.717, 1.165) is 40.2 Å². The van der Waals surface area contributed by atoms with Gasteiger partial charge in [-0.05, 0) is 42.0 Å². The number of hydrogen-bond acceptors (Lipinski definition) is 4.